The fourth-order valence-corrected chi connectivity index (χ4v) is 2.34. The molecule has 0 saturated carbocycles. The lowest BCUT2D eigenvalue weighted by molar-refractivity contribution is -0.384. The monoisotopic (exact) mass is 406 g/mol. The molecular formula is C20H23FN2O6. The van der Waals surface area contributed by atoms with Gasteiger partial charge in [0.05, 0.1) is 24.2 Å². The Bertz CT molecular complexity index is 859. The van der Waals surface area contributed by atoms with Crippen molar-refractivity contribution in [2.24, 2.45) is 0 Å². The van der Waals surface area contributed by atoms with Crippen molar-refractivity contribution in [1.29, 1.82) is 0 Å². The molecule has 29 heavy (non-hydrogen) atoms. The Hall–Kier alpha value is -3.36. The van der Waals surface area contributed by atoms with Crippen molar-refractivity contribution >= 4 is 17.3 Å². The third-order valence-corrected chi connectivity index (χ3v) is 3.65. The summed E-state index contributed by atoms with van der Waals surface area (Å²) in [7, 11) is 0. The molecule has 2 aromatic rings. The molecular weight excluding hydrogens is 383 g/mol. The van der Waals surface area contributed by atoms with E-state index in [1.54, 1.807) is 6.07 Å². The second kappa shape index (κ2) is 10.8. The van der Waals surface area contributed by atoms with Crippen molar-refractivity contribution in [2.75, 3.05) is 25.1 Å². The van der Waals surface area contributed by atoms with E-state index in [9.17, 15) is 19.3 Å². The predicted molar refractivity (Wildman–Crippen MR) is 105 cm³/mol. The van der Waals surface area contributed by atoms with Crippen LogP contribution < -0.4 is 19.5 Å². The highest BCUT2D eigenvalue weighted by molar-refractivity contribution is 5.94. The number of carbonyl (C=O) groups excluding carboxylic acids is 1. The zero-order valence-corrected chi connectivity index (χ0v) is 16.3. The maximum absolute atomic E-state index is 13.6. The lowest BCUT2D eigenvalue weighted by atomic mass is 10.2. The van der Waals surface area contributed by atoms with Gasteiger partial charge in [-0.1, -0.05) is 26.0 Å². The Morgan fingerprint density at radius 2 is 1.66 bits per heavy atom. The second-order valence-corrected chi connectivity index (χ2v) is 6.04. The van der Waals surface area contributed by atoms with Gasteiger partial charge in [-0.15, -0.1) is 0 Å². The average Bonchev–Trinajstić information content (AvgIpc) is 2.70. The number of rotatable bonds is 11. The van der Waals surface area contributed by atoms with Gasteiger partial charge in [0.2, 0.25) is 0 Å². The van der Waals surface area contributed by atoms with Gasteiger partial charge in [-0.25, -0.2) is 4.39 Å². The number of nitrogens with zero attached hydrogens (tertiary/aromatic N) is 1. The number of nitrogens with one attached hydrogen (secondary N) is 1. The molecule has 2 aromatic carbocycles. The smallest absolute Gasteiger partial charge is 0.296 e. The Balaban J connectivity index is 2.21. The Morgan fingerprint density at radius 3 is 2.24 bits per heavy atom. The highest BCUT2D eigenvalue weighted by atomic mass is 19.1. The molecule has 0 fully saturated rings. The molecule has 9 heteroatoms. The van der Waals surface area contributed by atoms with Crippen LogP contribution >= 0.6 is 0 Å². The van der Waals surface area contributed by atoms with Crippen LogP contribution in [0.5, 0.6) is 17.2 Å². The highest BCUT2D eigenvalue weighted by Gasteiger charge is 2.22. The number of nitro groups is 1. The quantitative estimate of drug-likeness (QED) is 0.440. The standard InChI is InChI=1S/C20H23FN2O6/c1-3-9-27-18-11-15(16(23(25)26)12-19(18)28-10-4-2)22-20(24)13-29-17-8-6-5-7-14(17)21/h5-8,11-12H,3-4,9-10,13H2,1-2H3,(H,22,24). The molecule has 1 N–H and O–H groups in total. The topological polar surface area (TPSA) is 99.9 Å². The number of nitro benzene ring substituents is 1. The summed E-state index contributed by atoms with van der Waals surface area (Å²) in [5.74, 6) is -0.866. The Kier molecular flexibility index (Phi) is 8.20. The molecule has 0 atom stereocenters. The van der Waals surface area contributed by atoms with Crippen molar-refractivity contribution < 1.29 is 28.3 Å². The van der Waals surface area contributed by atoms with Crippen molar-refractivity contribution in [2.45, 2.75) is 26.7 Å². The van der Waals surface area contributed by atoms with Gasteiger partial charge in [0.25, 0.3) is 11.6 Å². The molecule has 0 aliphatic heterocycles. The first-order valence-electron chi connectivity index (χ1n) is 9.21. The normalized spacial score (nSPS) is 10.3. The number of para-hydroxylation sites is 1. The number of ether oxygens (including phenoxy) is 3. The first-order valence-corrected chi connectivity index (χ1v) is 9.21. The largest absolute Gasteiger partial charge is 0.490 e. The molecule has 156 valence electrons. The van der Waals surface area contributed by atoms with E-state index in [4.69, 9.17) is 14.2 Å². The molecule has 0 aliphatic carbocycles. The van der Waals surface area contributed by atoms with Gasteiger partial charge in [0, 0.05) is 6.07 Å². The van der Waals surface area contributed by atoms with E-state index < -0.39 is 23.3 Å². The second-order valence-electron chi connectivity index (χ2n) is 6.04. The third kappa shape index (κ3) is 6.34. The number of hydrogen-bond acceptors (Lipinski definition) is 6. The summed E-state index contributed by atoms with van der Waals surface area (Å²) in [6.45, 7) is 4.05. The van der Waals surface area contributed by atoms with Crippen molar-refractivity contribution in [3.8, 4) is 17.2 Å². The predicted octanol–water partition coefficient (Wildman–Crippen LogP) is 4.33. The van der Waals surface area contributed by atoms with Crippen LogP contribution in [0, 0.1) is 15.9 Å². The minimum atomic E-state index is -0.681. The van der Waals surface area contributed by atoms with Gasteiger partial charge in [-0.2, -0.15) is 0 Å². The molecule has 1 amide bonds. The molecule has 0 unspecified atom stereocenters. The molecule has 2 rings (SSSR count). The van der Waals surface area contributed by atoms with Crippen molar-refractivity contribution in [3.63, 3.8) is 0 Å². The van der Waals surface area contributed by atoms with E-state index in [0.717, 1.165) is 6.42 Å². The van der Waals surface area contributed by atoms with Crippen LogP contribution in [0.15, 0.2) is 36.4 Å². The van der Waals surface area contributed by atoms with E-state index >= 15 is 0 Å². The van der Waals surface area contributed by atoms with Crippen LogP contribution in [0.25, 0.3) is 0 Å². The molecule has 0 aromatic heterocycles. The summed E-state index contributed by atoms with van der Waals surface area (Å²) in [4.78, 5) is 23.0. The third-order valence-electron chi connectivity index (χ3n) is 3.65. The fourth-order valence-electron chi connectivity index (χ4n) is 2.34. The van der Waals surface area contributed by atoms with Crippen LogP contribution in [-0.4, -0.2) is 30.7 Å². The number of hydrogen-bond donors (Lipinski definition) is 1. The number of anilines is 1. The summed E-state index contributed by atoms with van der Waals surface area (Å²) >= 11 is 0. The molecule has 0 heterocycles. The number of amides is 1. The van der Waals surface area contributed by atoms with Crippen LogP contribution in [0.3, 0.4) is 0 Å². The van der Waals surface area contributed by atoms with Gasteiger partial charge >= 0.3 is 0 Å². The number of carbonyl (C=O) groups is 1. The molecule has 0 spiro atoms. The highest BCUT2D eigenvalue weighted by Crippen LogP contribution is 2.38. The lowest BCUT2D eigenvalue weighted by Crippen LogP contribution is -2.21. The molecule has 0 bridgehead atoms. The average molecular weight is 406 g/mol. The maximum Gasteiger partial charge on any atom is 0.296 e. The van der Waals surface area contributed by atoms with Crippen LogP contribution in [-0.2, 0) is 4.79 Å². The minimum absolute atomic E-state index is 0.0629. The molecule has 0 saturated heterocycles. The van der Waals surface area contributed by atoms with Crippen LogP contribution in [0.2, 0.25) is 0 Å². The first-order chi connectivity index (χ1) is 14.0. The molecule has 0 aliphatic rings. The van der Waals surface area contributed by atoms with Gasteiger partial charge in [-0.05, 0) is 25.0 Å². The van der Waals surface area contributed by atoms with Gasteiger partial charge in [0.15, 0.2) is 29.7 Å². The first kappa shape index (κ1) is 21.9. The summed E-state index contributed by atoms with van der Waals surface area (Å²) < 4.78 is 29.9. The van der Waals surface area contributed by atoms with Gasteiger partial charge < -0.3 is 19.5 Å². The van der Waals surface area contributed by atoms with Crippen molar-refractivity contribution in [3.05, 3.63) is 52.3 Å². The van der Waals surface area contributed by atoms with Crippen LogP contribution in [0.1, 0.15) is 26.7 Å². The number of benzene rings is 2. The zero-order chi connectivity index (χ0) is 21.2. The maximum atomic E-state index is 13.6. The van der Waals surface area contributed by atoms with Gasteiger partial charge in [-0.3, -0.25) is 14.9 Å². The zero-order valence-electron chi connectivity index (χ0n) is 16.3. The van der Waals surface area contributed by atoms with E-state index in [1.807, 2.05) is 13.8 Å². The summed E-state index contributed by atoms with van der Waals surface area (Å²) in [6, 6.07) is 8.19. The van der Waals surface area contributed by atoms with Crippen molar-refractivity contribution in [1.82, 2.24) is 0 Å². The van der Waals surface area contributed by atoms with E-state index in [0.29, 0.717) is 19.6 Å². The summed E-state index contributed by atoms with van der Waals surface area (Å²) in [5.41, 5.74) is -0.411. The van der Waals surface area contributed by atoms with E-state index in [2.05, 4.69) is 5.32 Å². The Morgan fingerprint density at radius 1 is 1.03 bits per heavy atom. The van der Waals surface area contributed by atoms with E-state index in [-0.39, 0.29) is 28.6 Å². The van der Waals surface area contributed by atoms with E-state index in [1.165, 1.54) is 30.3 Å². The van der Waals surface area contributed by atoms with Crippen LogP contribution in [0.4, 0.5) is 15.8 Å². The summed E-state index contributed by atoms with van der Waals surface area (Å²) in [6.07, 6.45) is 1.44. The van der Waals surface area contributed by atoms with Gasteiger partial charge in [0.1, 0.15) is 5.69 Å². The fraction of sp³-hybridized carbons (Fsp3) is 0.350. The molecule has 8 nitrogen and oxygen atoms in total. The minimum Gasteiger partial charge on any atom is -0.490 e. The summed E-state index contributed by atoms with van der Waals surface area (Å²) in [5, 5.41) is 13.9. The number of halogens is 1. The Labute approximate surface area is 167 Å². The lowest BCUT2D eigenvalue weighted by Gasteiger charge is -2.15. The molecule has 0 radical (unpaired) electrons. The SMILES string of the molecule is CCCOc1cc(NC(=O)COc2ccccc2F)c([N+](=O)[O-])cc1OCCC.